The van der Waals surface area contributed by atoms with E-state index in [9.17, 15) is 27.6 Å². The highest BCUT2D eigenvalue weighted by Crippen LogP contribution is 2.19. The van der Waals surface area contributed by atoms with Crippen LogP contribution in [0.1, 0.15) is 13.3 Å². The van der Waals surface area contributed by atoms with Crippen LogP contribution >= 0.6 is 0 Å². The molecule has 2 amide bonds. The van der Waals surface area contributed by atoms with E-state index in [-0.39, 0.29) is 11.6 Å². The zero-order valence-corrected chi connectivity index (χ0v) is 10.4. The number of hydrogen-bond acceptors (Lipinski definition) is 3. The van der Waals surface area contributed by atoms with Crippen molar-refractivity contribution in [2.75, 3.05) is 10.6 Å². The molecule has 20 heavy (non-hydrogen) atoms. The molecule has 1 rings (SSSR count). The monoisotopic (exact) mass is 288 g/mol. The second-order valence-electron chi connectivity index (χ2n) is 3.90. The Balaban J connectivity index is 2.58. The molecule has 0 aliphatic carbocycles. The molecule has 5 nitrogen and oxygen atoms in total. The Bertz CT molecular complexity index is 524. The third-order valence-corrected chi connectivity index (χ3v) is 2.13. The summed E-state index contributed by atoms with van der Waals surface area (Å²) in [5.74, 6) is -3.44. The first-order valence-corrected chi connectivity index (χ1v) is 5.46. The van der Waals surface area contributed by atoms with Crippen molar-refractivity contribution in [1.29, 1.82) is 0 Å². The lowest BCUT2D eigenvalue weighted by atomic mass is 10.2. The minimum Gasteiger partial charge on any atom is -0.326 e. The minimum absolute atomic E-state index is 0.221. The van der Waals surface area contributed by atoms with Gasteiger partial charge in [-0.25, -0.2) is 0 Å². The molecule has 0 unspecified atom stereocenters. The van der Waals surface area contributed by atoms with Crippen molar-refractivity contribution in [3.8, 4) is 0 Å². The van der Waals surface area contributed by atoms with Crippen LogP contribution < -0.4 is 10.6 Å². The smallest absolute Gasteiger partial charge is 0.326 e. The number of halogens is 3. The molecule has 0 saturated carbocycles. The molecule has 8 heteroatoms. The zero-order chi connectivity index (χ0) is 15.3. The summed E-state index contributed by atoms with van der Waals surface area (Å²) >= 11 is 0. The van der Waals surface area contributed by atoms with Gasteiger partial charge in [0.1, 0.15) is 0 Å². The van der Waals surface area contributed by atoms with Gasteiger partial charge < -0.3 is 10.6 Å². The zero-order valence-electron chi connectivity index (χ0n) is 10.4. The molecule has 2 N–H and O–H groups in total. The maximum Gasteiger partial charge on any atom is 0.450 e. The van der Waals surface area contributed by atoms with Crippen LogP contribution in [0, 0.1) is 0 Å². The van der Waals surface area contributed by atoms with Gasteiger partial charge in [0.2, 0.25) is 17.6 Å². The van der Waals surface area contributed by atoms with Crippen LogP contribution in [0.3, 0.4) is 0 Å². The summed E-state index contributed by atoms with van der Waals surface area (Å²) in [6.45, 7) is 1.32. The molecule has 108 valence electrons. The van der Waals surface area contributed by atoms with Gasteiger partial charge in [-0.1, -0.05) is 0 Å². The predicted molar refractivity (Wildman–Crippen MR) is 65.1 cm³/mol. The molecule has 0 spiro atoms. The predicted octanol–water partition coefficient (Wildman–Crippen LogP) is 2.10. The number of anilines is 2. The van der Waals surface area contributed by atoms with E-state index in [0.29, 0.717) is 5.69 Å². The maximum absolute atomic E-state index is 12.0. The summed E-state index contributed by atoms with van der Waals surface area (Å²) in [4.78, 5) is 32.6. The highest BCUT2D eigenvalue weighted by Gasteiger charge is 2.39. The van der Waals surface area contributed by atoms with E-state index in [1.165, 1.54) is 31.2 Å². The van der Waals surface area contributed by atoms with Crippen molar-refractivity contribution in [2.45, 2.75) is 19.5 Å². The van der Waals surface area contributed by atoms with Crippen LogP contribution in [0.5, 0.6) is 0 Å². The molecule has 0 heterocycles. The Morgan fingerprint density at radius 1 is 1.00 bits per heavy atom. The fourth-order valence-corrected chi connectivity index (χ4v) is 1.29. The minimum atomic E-state index is -5.02. The van der Waals surface area contributed by atoms with Crippen LogP contribution in [0.25, 0.3) is 0 Å². The van der Waals surface area contributed by atoms with Gasteiger partial charge in [-0.15, -0.1) is 0 Å². The fraction of sp³-hybridized carbons (Fsp3) is 0.250. The third kappa shape index (κ3) is 5.09. The summed E-state index contributed by atoms with van der Waals surface area (Å²) in [7, 11) is 0. The fourth-order valence-electron chi connectivity index (χ4n) is 1.29. The van der Waals surface area contributed by atoms with Crippen LogP contribution in [-0.4, -0.2) is 23.8 Å². The van der Waals surface area contributed by atoms with E-state index in [0.717, 1.165) is 0 Å². The highest BCUT2D eigenvalue weighted by atomic mass is 19.4. The van der Waals surface area contributed by atoms with Crippen molar-refractivity contribution in [3.05, 3.63) is 24.3 Å². The number of nitrogens with one attached hydrogen (secondary N) is 2. The van der Waals surface area contributed by atoms with Crippen LogP contribution in [0.2, 0.25) is 0 Å². The number of carbonyl (C=O) groups is 3. The third-order valence-electron chi connectivity index (χ3n) is 2.13. The average Bonchev–Trinajstić information content (AvgIpc) is 2.29. The first-order chi connectivity index (χ1) is 9.18. The molecule has 0 atom stereocenters. The molecule has 0 aliphatic heterocycles. The number of Topliss-reactive ketones (excluding diaryl/α,β-unsaturated/α-hetero) is 1. The van der Waals surface area contributed by atoms with Gasteiger partial charge in [0.25, 0.3) is 0 Å². The molecule has 0 fully saturated rings. The number of carbonyl (C=O) groups excluding carboxylic acids is 3. The Labute approximate surface area is 112 Å². The van der Waals surface area contributed by atoms with E-state index in [4.69, 9.17) is 0 Å². The van der Waals surface area contributed by atoms with Gasteiger partial charge in [0, 0.05) is 18.3 Å². The first-order valence-electron chi connectivity index (χ1n) is 5.46. The molecular weight excluding hydrogens is 277 g/mol. The number of ketones is 1. The van der Waals surface area contributed by atoms with Gasteiger partial charge >= 0.3 is 6.18 Å². The lowest BCUT2D eigenvalue weighted by Crippen LogP contribution is -2.27. The molecule has 0 radical (unpaired) electrons. The van der Waals surface area contributed by atoms with Gasteiger partial charge in [-0.2, -0.15) is 13.2 Å². The van der Waals surface area contributed by atoms with Crippen LogP contribution in [-0.2, 0) is 14.4 Å². The number of amides is 2. The Kier molecular flexibility index (Phi) is 4.84. The van der Waals surface area contributed by atoms with Crippen molar-refractivity contribution < 1.29 is 27.6 Å². The van der Waals surface area contributed by atoms with Gasteiger partial charge in [-0.3, -0.25) is 14.4 Å². The van der Waals surface area contributed by atoms with Crippen molar-refractivity contribution in [3.63, 3.8) is 0 Å². The van der Waals surface area contributed by atoms with Crippen LogP contribution in [0.15, 0.2) is 24.3 Å². The average molecular weight is 288 g/mol. The Hall–Kier alpha value is -2.38. The second-order valence-corrected chi connectivity index (χ2v) is 3.90. The quantitative estimate of drug-likeness (QED) is 0.833. The Morgan fingerprint density at radius 2 is 1.45 bits per heavy atom. The lowest BCUT2D eigenvalue weighted by Gasteiger charge is -2.07. The van der Waals surface area contributed by atoms with Crippen molar-refractivity contribution in [1.82, 2.24) is 0 Å². The maximum atomic E-state index is 12.0. The van der Waals surface area contributed by atoms with E-state index in [1.807, 2.05) is 0 Å². The van der Waals surface area contributed by atoms with Crippen molar-refractivity contribution >= 4 is 29.0 Å². The molecule has 1 aromatic rings. The van der Waals surface area contributed by atoms with Gasteiger partial charge in [0.15, 0.2) is 0 Å². The standard InChI is InChI=1S/C12H11F3N2O3/c1-7(18)16-8-2-4-9(5-3-8)17-11(20)6-10(19)12(13,14)15/h2-5H,6H2,1H3,(H,16,18)(H,17,20). The molecule has 0 aromatic heterocycles. The van der Waals surface area contributed by atoms with Crippen molar-refractivity contribution in [2.24, 2.45) is 0 Å². The number of benzene rings is 1. The van der Waals surface area contributed by atoms with E-state index in [2.05, 4.69) is 10.6 Å². The summed E-state index contributed by atoms with van der Waals surface area (Å²) in [5.41, 5.74) is 0.695. The highest BCUT2D eigenvalue weighted by molar-refractivity contribution is 6.06. The lowest BCUT2D eigenvalue weighted by molar-refractivity contribution is -0.171. The largest absolute Gasteiger partial charge is 0.450 e. The normalized spacial score (nSPS) is 10.8. The summed E-state index contributed by atoms with van der Waals surface area (Å²) in [6.07, 6.45) is -6.29. The van der Waals surface area contributed by atoms with E-state index < -0.39 is 24.3 Å². The molecular formula is C12H11F3N2O3. The number of rotatable bonds is 4. The summed E-state index contributed by atoms with van der Waals surface area (Å²) in [5, 5.41) is 4.64. The van der Waals surface area contributed by atoms with E-state index in [1.54, 1.807) is 0 Å². The Morgan fingerprint density at radius 3 is 1.85 bits per heavy atom. The molecule has 0 bridgehead atoms. The first kappa shape index (κ1) is 15.7. The molecule has 0 aliphatic rings. The summed E-state index contributed by atoms with van der Waals surface area (Å²) < 4.78 is 35.9. The number of hydrogen-bond donors (Lipinski definition) is 2. The SMILES string of the molecule is CC(=O)Nc1ccc(NC(=O)CC(=O)C(F)(F)F)cc1. The van der Waals surface area contributed by atoms with Gasteiger partial charge in [0.05, 0.1) is 6.42 Å². The molecule has 0 saturated heterocycles. The number of alkyl halides is 3. The van der Waals surface area contributed by atoms with Gasteiger partial charge in [-0.05, 0) is 24.3 Å². The molecule has 1 aromatic carbocycles. The topological polar surface area (TPSA) is 75.3 Å². The summed E-state index contributed by atoms with van der Waals surface area (Å²) in [6, 6.07) is 5.70. The van der Waals surface area contributed by atoms with Crippen LogP contribution in [0.4, 0.5) is 24.5 Å². The van der Waals surface area contributed by atoms with E-state index >= 15 is 0 Å². The second kappa shape index (κ2) is 6.18.